The average Bonchev–Trinajstić information content (AvgIpc) is 3.14. The zero-order valence-corrected chi connectivity index (χ0v) is 20.2. The summed E-state index contributed by atoms with van der Waals surface area (Å²) in [5, 5.41) is 1.99. The summed E-state index contributed by atoms with van der Waals surface area (Å²) < 4.78 is 0. The highest BCUT2D eigenvalue weighted by atomic mass is 32.2. The lowest BCUT2D eigenvalue weighted by atomic mass is 9.87. The highest BCUT2D eigenvalue weighted by Crippen LogP contribution is 2.29. The third-order valence-electron chi connectivity index (χ3n) is 6.29. The van der Waals surface area contributed by atoms with E-state index in [9.17, 15) is 0 Å². The maximum absolute atomic E-state index is 4.09. The number of likely N-dealkylation sites (tertiary alicyclic amines) is 1. The fourth-order valence-electron chi connectivity index (χ4n) is 4.56. The summed E-state index contributed by atoms with van der Waals surface area (Å²) in [4.78, 5) is 8.00. The molecule has 0 aromatic heterocycles. The van der Waals surface area contributed by atoms with Crippen LogP contribution in [0.25, 0.3) is 0 Å². The number of thioether (sulfide) groups is 1. The summed E-state index contributed by atoms with van der Waals surface area (Å²) >= 11 is 1.70. The van der Waals surface area contributed by atoms with Gasteiger partial charge in [-0.05, 0) is 67.9 Å². The van der Waals surface area contributed by atoms with Gasteiger partial charge >= 0.3 is 0 Å². The standard InChI is InChI=1S/C21H27N.C9H7NS/c1-4-11-19(12-5-1)21(20-13-6-2-7-14-20)15-10-18-22-16-8-3-9-17-22;1-2-4-9-8(3-1)7-10-5-6-11-9/h1-2,4-7,11-14,21H,3,8-10,15-18H2;1-7H. The van der Waals surface area contributed by atoms with Crippen LogP contribution in [0.4, 0.5) is 0 Å². The van der Waals surface area contributed by atoms with Gasteiger partial charge in [0.1, 0.15) is 0 Å². The Kier molecular flexibility index (Phi) is 9.40. The molecule has 2 heterocycles. The second-order valence-electron chi connectivity index (χ2n) is 8.64. The Hall–Kier alpha value is -2.62. The molecular weight excluding hydrogens is 420 g/mol. The molecule has 0 saturated carbocycles. The molecule has 170 valence electrons. The maximum Gasteiger partial charge on any atom is 0.0351 e. The van der Waals surface area contributed by atoms with Crippen molar-refractivity contribution in [3.8, 4) is 0 Å². The molecule has 0 spiro atoms. The number of benzene rings is 3. The zero-order chi connectivity index (χ0) is 22.6. The molecule has 0 unspecified atom stereocenters. The number of rotatable bonds is 6. The molecule has 0 N–H and O–H groups in total. The number of nitrogens with zero attached hydrogens (tertiary/aromatic N) is 2. The van der Waals surface area contributed by atoms with E-state index in [2.05, 4.69) is 82.7 Å². The van der Waals surface area contributed by atoms with Crippen molar-refractivity contribution in [1.82, 2.24) is 4.90 Å². The molecule has 0 atom stereocenters. The van der Waals surface area contributed by atoms with Gasteiger partial charge in [-0.3, -0.25) is 4.99 Å². The first kappa shape index (κ1) is 23.5. The van der Waals surface area contributed by atoms with Crippen LogP contribution in [0.5, 0.6) is 0 Å². The quantitative estimate of drug-likeness (QED) is 0.378. The van der Waals surface area contributed by atoms with E-state index in [1.165, 1.54) is 73.3 Å². The Labute approximate surface area is 203 Å². The van der Waals surface area contributed by atoms with Crippen LogP contribution < -0.4 is 0 Å². The van der Waals surface area contributed by atoms with E-state index in [-0.39, 0.29) is 0 Å². The number of piperidine rings is 1. The van der Waals surface area contributed by atoms with E-state index in [4.69, 9.17) is 0 Å². The highest BCUT2D eigenvalue weighted by molar-refractivity contribution is 8.02. The van der Waals surface area contributed by atoms with E-state index < -0.39 is 0 Å². The second-order valence-corrected chi connectivity index (χ2v) is 9.59. The van der Waals surface area contributed by atoms with Crippen LogP contribution in [-0.4, -0.2) is 30.7 Å². The zero-order valence-electron chi connectivity index (χ0n) is 19.4. The minimum Gasteiger partial charge on any atom is -0.303 e. The molecule has 0 radical (unpaired) electrons. The van der Waals surface area contributed by atoms with Gasteiger partial charge in [-0.25, -0.2) is 0 Å². The molecule has 2 aliphatic heterocycles. The predicted octanol–water partition coefficient (Wildman–Crippen LogP) is 7.77. The first-order chi connectivity index (χ1) is 16.4. The Balaban J connectivity index is 0.000000196. The molecule has 2 aliphatic rings. The molecule has 1 fully saturated rings. The normalized spacial score (nSPS) is 15.4. The molecule has 33 heavy (non-hydrogen) atoms. The highest BCUT2D eigenvalue weighted by Gasteiger charge is 2.15. The molecule has 3 aromatic carbocycles. The van der Waals surface area contributed by atoms with E-state index in [1.54, 1.807) is 11.8 Å². The van der Waals surface area contributed by atoms with Crippen LogP contribution in [0.15, 0.2) is 106 Å². The van der Waals surface area contributed by atoms with Crippen molar-refractivity contribution in [3.05, 3.63) is 113 Å². The minimum atomic E-state index is 0.534. The van der Waals surface area contributed by atoms with Crippen molar-refractivity contribution in [2.24, 2.45) is 4.99 Å². The average molecular weight is 455 g/mol. The van der Waals surface area contributed by atoms with Crippen LogP contribution in [0.2, 0.25) is 0 Å². The van der Waals surface area contributed by atoms with Crippen molar-refractivity contribution in [2.45, 2.75) is 42.9 Å². The van der Waals surface area contributed by atoms with Crippen molar-refractivity contribution in [3.63, 3.8) is 0 Å². The second kappa shape index (κ2) is 13.2. The molecule has 0 amide bonds. The van der Waals surface area contributed by atoms with Gasteiger partial charge in [0.05, 0.1) is 0 Å². The minimum absolute atomic E-state index is 0.534. The number of hydrogen-bond donors (Lipinski definition) is 0. The van der Waals surface area contributed by atoms with Gasteiger partial charge in [0.15, 0.2) is 0 Å². The largest absolute Gasteiger partial charge is 0.303 e. The summed E-state index contributed by atoms with van der Waals surface area (Å²) in [6.07, 6.45) is 10.4. The number of hydrogen-bond acceptors (Lipinski definition) is 3. The molecule has 1 saturated heterocycles. The smallest absolute Gasteiger partial charge is 0.0351 e. The fourth-order valence-corrected chi connectivity index (χ4v) is 5.25. The van der Waals surface area contributed by atoms with Gasteiger partial charge in [-0.2, -0.15) is 0 Å². The van der Waals surface area contributed by atoms with Gasteiger partial charge in [0.2, 0.25) is 0 Å². The Bertz CT molecular complexity index is 968. The van der Waals surface area contributed by atoms with Gasteiger partial charge in [-0.1, -0.05) is 97.0 Å². The van der Waals surface area contributed by atoms with E-state index in [1.807, 2.05) is 30.0 Å². The van der Waals surface area contributed by atoms with E-state index in [0.29, 0.717) is 5.92 Å². The lowest BCUT2D eigenvalue weighted by Crippen LogP contribution is -2.30. The Morgan fingerprint density at radius 2 is 1.39 bits per heavy atom. The third-order valence-corrected chi connectivity index (χ3v) is 7.18. The topological polar surface area (TPSA) is 15.6 Å². The lowest BCUT2D eigenvalue weighted by Gasteiger charge is -2.27. The van der Waals surface area contributed by atoms with Gasteiger partial charge in [-0.15, -0.1) is 0 Å². The Morgan fingerprint density at radius 1 is 0.758 bits per heavy atom. The monoisotopic (exact) mass is 454 g/mol. The van der Waals surface area contributed by atoms with Gasteiger partial charge in [0, 0.05) is 28.8 Å². The molecule has 3 heteroatoms. The summed E-state index contributed by atoms with van der Waals surface area (Å²) in [6, 6.07) is 30.2. The lowest BCUT2D eigenvalue weighted by molar-refractivity contribution is 0.224. The number of aliphatic imine (C=N–C) groups is 1. The van der Waals surface area contributed by atoms with Crippen molar-refractivity contribution in [2.75, 3.05) is 19.6 Å². The summed E-state index contributed by atoms with van der Waals surface area (Å²) in [5.74, 6) is 0.534. The van der Waals surface area contributed by atoms with E-state index in [0.717, 1.165) is 0 Å². The van der Waals surface area contributed by atoms with E-state index >= 15 is 0 Å². The summed E-state index contributed by atoms with van der Waals surface area (Å²) in [6.45, 7) is 3.87. The fraction of sp³-hybridized carbons (Fsp3) is 0.300. The van der Waals surface area contributed by atoms with Gasteiger partial charge < -0.3 is 4.90 Å². The molecule has 2 nitrogen and oxygen atoms in total. The molecule has 5 rings (SSSR count). The molecule has 3 aromatic rings. The summed E-state index contributed by atoms with van der Waals surface area (Å²) in [7, 11) is 0. The molecular formula is C30H34N2S. The first-order valence-corrected chi connectivity index (χ1v) is 13.0. The van der Waals surface area contributed by atoms with Crippen LogP contribution in [0.1, 0.15) is 54.7 Å². The van der Waals surface area contributed by atoms with Crippen molar-refractivity contribution >= 4 is 18.0 Å². The summed E-state index contributed by atoms with van der Waals surface area (Å²) in [5.41, 5.74) is 4.10. The van der Waals surface area contributed by atoms with Crippen molar-refractivity contribution < 1.29 is 0 Å². The van der Waals surface area contributed by atoms with Crippen LogP contribution in [0, 0.1) is 0 Å². The van der Waals surface area contributed by atoms with Crippen LogP contribution >= 0.6 is 11.8 Å². The maximum atomic E-state index is 4.09. The first-order valence-electron chi connectivity index (χ1n) is 12.2. The SMILES string of the molecule is C1=CSc2ccccc2C=N1.c1ccc(C(CCCN2CCCCC2)c2ccccc2)cc1. The van der Waals surface area contributed by atoms with Crippen LogP contribution in [0.3, 0.4) is 0 Å². The van der Waals surface area contributed by atoms with Gasteiger partial charge in [0.25, 0.3) is 0 Å². The number of fused-ring (bicyclic) bond motifs is 1. The third kappa shape index (κ3) is 7.45. The molecule has 0 aliphatic carbocycles. The molecule has 0 bridgehead atoms. The van der Waals surface area contributed by atoms with Crippen LogP contribution in [-0.2, 0) is 0 Å². The Morgan fingerprint density at radius 3 is 2.09 bits per heavy atom. The van der Waals surface area contributed by atoms with Crippen molar-refractivity contribution in [1.29, 1.82) is 0 Å². The predicted molar refractivity (Wildman–Crippen MR) is 143 cm³/mol.